The molecule has 5 heteroatoms. The monoisotopic (exact) mass is 320 g/mol. The highest BCUT2D eigenvalue weighted by Crippen LogP contribution is 2.39. The third kappa shape index (κ3) is 1.93. The second-order valence-corrected chi connectivity index (χ2v) is 7.44. The van der Waals surface area contributed by atoms with Gasteiger partial charge in [-0.25, -0.2) is 4.98 Å². The number of benzene rings is 1. The Hall–Kier alpha value is -2.27. The number of thiophene rings is 1. The predicted molar refractivity (Wildman–Crippen MR) is 92.8 cm³/mol. The molecule has 4 aromatic rings. The molecule has 0 N–H and O–H groups in total. The quantitative estimate of drug-likeness (QED) is 0.529. The van der Waals surface area contributed by atoms with Gasteiger partial charge >= 0.3 is 0 Å². The van der Waals surface area contributed by atoms with Crippen molar-refractivity contribution in [3.05, 3.63) is 47.1 Å². The summed E-state index contributed by atoms with van der Waals surface area (Å²) in [6, 6.07) is 10.2. The van der Waals surface area contributed by atoms with E-state index in [9.17, 15) is 0 Å². The van der Waals surface area contributed by atoms with Gasteiger partial charge in [0.05, 0.1) is 5.39 Å². The average Bonchev–Trinajstić information content (AvgIpc) is 3.16. The number of hydrogen-bond donors (Lipinski definition) is 0. The molecule has 3 heterocycles. The van der Waals surface area contributed by atoms with Crippen molar-refractivity contribution in [2.75, 3.05) is 0 Å². The van der Waals surface area contributed by atoms with Gasteiger partial charge < -0.3 is 0 Å². The second-order valence-electron chi connectivity index (χ2n) is 6.36. The van der Waals surface area contributed by atoms with Gasteiger partial charge in [0.1, 0.15) is 11.2 Å². The van der Waals surface area contributed by atoms with Crippen LogP contribution >= 0.6 is 11.3 Å². The predicted octanol–water partition coefficient (Wildman–Crippen LogP) is 4.13. The third-order valence-electron chi connectivity index (χ3n) is 4.73. The van der Waals surface area contributed by atoms with Crippen LogP contribution in [0.1, 0.15) is 23.8 Å². The number of aromatic nitrogens is 4. The van der Waals surface area contributed by atoms with E-state index in [1.807, 2.05) is 40.3 Å². The molecule has 0 radical (unpaired) electrons. The highest BCUT2D eigenvalue weighted by Gasteiger charge is 2.24. The highest BCUT2D eigenvalue weighted by atomic mass is 32.1. The molecule has 0 spiro atoms. The minimum absolute atomic E-state index is 0.733. The van der Waals surface area contributed by atoms with Crippen molar-refractivity contribution in [3.8, 4) is 11.4 Å². The van der Waals surface area contributed by atoms with E-state index in [-0.39, 0.29) is 0 Å². The van der Waals surface area contributed by atoms with E-state index in [0.29, 0.717) is 0 Å². The molecular formula is C18H16N4S. The van der Waals surface area contributed by atoms with Crippen LogP contribution in [0.3, 0.4) is 0 Å². The van der Waals surface area contributed by atoms with Crippen LogP contribution in [-0.4, -0.2) is 19.6 Å². The average molecular weight is 320 g/mol. The Kier molecular flexibility index (Phi) is 2.79. The van der Waals surface area contributed by atoms with Gasteiger partial charge in [0.25, 0.3) is 0 Å². The first-order valence-corrected chi connectivity index (χ1v) is 8.82. The lowest BCUT2D eigenvalue weighted by molar-refractivity contribution is 0.508. The van der Waals surface area contributed by atoms with Crippen LogP contribution in [0.15, 0.2) is 36.7 Å². The Morgan fingerprint density at radius 2 is 2.04 bits per heavy atom. The molecule has 0 saturated heterocycles. The molecule has 0 bridgehead atoms. The highest BCUT2D eigenvalue weighted by molar-refractivity contribution is 7.19. The lowest BCUT2D eigenvalue weighted by atomic mass is 9.89. The van der Waals surface area contributed by atoms with Crippen molar-refractivity contribution in [3.63, 3.8) is 0 Å². The fourth-order valence-corrected chi connectivity index (χ4v) is 4.71. The van der Waals surface area contributed by atoms with Crippen LogP contribution in [0.5, 0.6) is 0 Å². The second kappa shape index (κ2) is 4.86. The van der Waals surface area contributed by atoms with Gasteiger partial charge in [-0.3, -0.25) is 4.40 Å². The molecule has 1 aliphatic rings. The van der Waals surface area contributed by atoms with E-state index in [0.717, 1.165) is 34.2 Å². The standard InChI is InChI=1S/C18H16N4S/c1-11-7-8-14-13(9-11)15-17-21-20-16(12-5-3-2-4-6-12)22(17)10-19-18(15)23-14/h2-6,10-11H,7-9H2,1H3. The first-order chi connectivity index (χ1) is 11.3. The Morgan fingerprint density at radius 1 is 1.17 bits per heavy atom. The van der Waals surface area contributed by atoms with E-state index in [1.54, 1.807) is 0 Å². The summed E-state index contributed by atoms with van der Waals surface area (Å²) >= 11 is 1.83. The van der Waals surface area contributed by atoms with Crippen LogP contribution in [0, 0.1) is 5.92 Å². The molecular weight excluding hydrogens is 304 g/mol. The van der Waals surface area contributed by atoms with Crippen LogP contribution in [0.25, 0.3) is 27.3 Å². The molecule has 1 aromatic carbocycles. The van der Waals surface area contributed by atoms with Crippen LogP contribution in [0.2, 0.25) is 0 Å². The van der Waals surface area contributed by atoms with Crippen molar-refractivity contribution >= 4 is 27.2 Å². The summed E-state index contributed by atoms with van der Waals surface area (Å²) < 4.78 is 2.03. The number of nitrogens with zero attached hydrogens (tertiary/aromatic N) is 4. The molecule has 0 amide bonds. The van der Waals surface area contributed by atoms with Crippen LogP contribution < -0.4 is 0 Å². The SMILES string of the molecule is CC1CCc2sc3ncn4c(-c5ccccc5)nnc4c3c2C1. The normalized spacial score (nSPS) is 17.7. The first-order valence-electron chi connectivity index (χ1n) is 8.00. The molecule has 1 atom stereocenters. The van der Waals surface area contributed by atoms with E-state index < -0.39 is 0 Å². The first kappa shape index (κ1) is 13.2. The summed E-state index contributed by atoms with van der Waals surface area (Å²) in [5.41, 5.74) is 3.47. The Morgan fingerprint density at radius 3 is 2.91 bits per heavy atom. The number of aryl methyl sites for hydroxylation is 1. The zero-order valence-corrected chi connectivity index (χ0v) is 13.7. The third-order valence-corrected chi connectivity index (χ3v) is 5.93. The number of fused-ring (bicyclic) bond motifs is 5. The molecule has 1 unspecified atom stereocenters. The number of rotatable bonds is 1. The number of hydrogen-bond acceptors (Lipinski definition) is 4. The van der Waals surface area contributed by atoms with Crippen molar-refractivity contribution in [2.45, 2.75) is 26.2 Å². The fourth-order valence-electron chi connectivity index (χ4n) is 3.53. The molecule has 0 saturated carbocycles. The van der Waals surface area contributed by atoms with Gasteiger partial charge in [0.2, 0.25) is 0 Å². The van der Waals surface area contributed by atoms with Gasteiger partial charge in [-0.05, 0) is 30.7 Å². The van der Waals surface area contributed by atoms with Gasteiger partial charge in [0, 0.05) is 10.4 Å². The molecule has 4 nitrogen and oxygen atoms in total. The maximum atomic E-state index is 4.70. The van der Waals surface area contributed by atoms with Gasteiger partial charge in [0.15, 0.2) is 11.5 Å². The van der Waals surface area contributed by atoms with Crippen molar-refractivity contribution < 1.29 is 0 Å². The summed E-state index contributed by atoms with van der Waals surface area (Å²) in [6.07, 6.45) is 5.44. The Bertz CT molecular complexity index is 1020. The smallest absolute Gasteiger partial charge is 0.172 e. The topological polar surface area (TPSA) is 43.1 Å². The molecule has 1 aliphatic carbocycles. The van der Waals surface area contributed by atoms with E-state index in [1.165, 1.54) is 28.7 Å². The zero-order chi connectivity index (χ0) is 15.4. The summed E-state index contributed by atoms with van der Waals surface area (Å²) in [6.45, 7) is 2.33. The largest absolute Gasteiger partial charge is 0.265 e. The van der Waals surface area contributed by atoms with Crippen LogP contribution in [0.4, 0.5) is 0 Å². The molecule has 114 valence electrons. The Labute approximate surface area is 137 Å². The fraction of sp³-hybridized carbons (Fsp3) is 0.278. The lowest BCUT2D eigenvalue weighted by Gasteiger charge is -2.17. The minimum Gasteiger partial charge on any atom is -0.265 e. The van der Waals surface area contributed by atoms with E-state index in [4.69, 9.17) is 4.98 Å². The van der Waals surface area contributed by atoms with Gasteiger partial charge in [-0.1, -0.05) is 37.3 Å². The van der Waals surface area contributed by atoms with E-state index >= 15 is 0 Å². The van der Waals surface area contributed by atoms with Crippen molar-refractivity contribution in [2.24, 2.45) is 5.92 Å². The molecule has 5 rings (SSSR count). The van der Waals surface area contributed by atoms with Crippen molar-refractivity contribution in [1.29, 1.82) is 0 Å². The Balaban J connectivity index is 1.81. The molecule has 23 heavy (non-hydrogen) atoms. The van der Waals surface area contributed by atoms with Crippen LogP contribution in [-0.2, 0) is 12.8 Å². The summed E-state index contributed by atoms with van der Waals surface area (Å²) in [5.74, 6) is 1.59. The molecule has 0 fully saturated rings. The van der Waals surface area contributed by atoms with Gasteiger partial charge in [-0.2, -0.15) is 0 Å². The zero-order valence-electron chi connectivity index (χ0n) is 12.9. The maximum Gasteiger partial charge on any atom is 0.172 e. The summed E-state index contributed by atoms with van der Waals surface area (Å²) in [5, 5.41) is 10.2. The van der Waals surface area contributed by atoms with Gasteiger partial charge in [-0.15, -0.1) is 21.5 Å². The lowest BCUT2D eigenvalue weighted by Crippen LogP contribution is -2.09. The summed E-state index contributed by atoms with van der Waals surface area (Å²) in [4.78, 5) is 7.29. The summed E-state index contributed by atoms with van der Waals surface area (Å²) in [7, 11) is 0. The molecule has 3 aromatic heterocycles. The molecule has 0 aliphatic heterocycles. The van der Waals surface area contributed by atoms with Crippen molar-refractivity contribution in [1.82, 2.24) is 19.6 Å². The van der Waals surface area contributed by atoms with E-state index in [2.05, 4.69) is 29.3 Å². The maximum absolute atomic E-state index is 4.70. The minimum atomic E-state index is 0.733.